The maximum Gasteiger partial charge on any atom is 0.246 e. The van der Waals surface area contributed by atoms with Crippen LogP contribution in [-0.2, 0) is 65.4 Å². The molecule has 11 rings (SSSR count). The first-order valence-electron chi connectivity index (χ1n) is 23.6. The van der Waals surface area contributed by atoms with Gasteiger partial charge in [0.2, 0.25) is 11.8 Å². The van der Waals surface area contributed by atoms with Gasteiger partial charge in [-0.25, -0.2) is 4.68 Å². The number of aliphatic hydroxyl groups is 2. The summed E-state index contributed by atoms with van der Waals surface area (Å²) in [6.07, 6.45) is 5.62. The van der Waals surface area contributed by atoms with Crippen LogP contribution in [0.3, 0.4) is 0 Å². The smallest absolute Gasteiger partial charge is 0.246 e. The maximum atomic E-state index is 13.1. The first-order chi connectivity index (χ1) is 31.9. The van der Waals surface area contributed by atoms with Gasteiger partial charge in [0.1, 0.15) is 31.1 Å². The molecule has 5 heterocycles. The number of amides is 2. The van der Waals surface area contributed by atoms with Crippen molar-refractivity contribution in [2.24, 2.45) is 0 Å². The van der Waals surface area contributed by atoms with E-state index in [0.29, 0.717) is 81.7 Å². The molecule has 19 heteroatoms. The van der Waals surface area contributed by atoms with Gasteiger partial charge in [-0.2, -0.15) is 0 Å². The summed E-state index contributed by atoms with van der Waals surface area (Å²) in [6.45, 7) is 3.25. The molecule has 4 bridgehead atoms. The maximum absolute atomic E-state index is 13.1. The second-order valence-corrected chi connectivity index (χ2v) is 19.8. The number of hydrogen-bond acceptors (Lipinski definition) is 16. The predicted octanol–water partition coefficient (Wildman–Crippen LogP) is 0.194. The zero-order valence-electron chi connectivity index (χ0n) is 37.6. The largest absolute Gasteiger partial charge is 0.504 e. The Morgan fingerprint density at radius 2 is 1.21 bits per heavy atom. The average Bonchev–Trinajstić information content (AvgIpc) is 4.01. The average molecular weight is 916 g/mol. The number of benzene rings is 2. The van der Waals surface area contributed by atoms with Gasteiger partial charge in [-0.05, 0) is 102 Å². The molecule has 2 saturated carbocycles. The number of ether oxygens (including phenoxy) is 6. The minimum Gasteiger partial charge on any atom is -0.504 e. The molecule has 6 N–H and O–H groups in total. The van der Waals surface area contributed by atoms with Gasteiger partial charge < -0.3 is 69.3 Å². The number of rotatable bonds is 17. The van der Waals surface area contributed by atoms with Crippen LogP contribution in [0.1, 0.15) is 66.5 Å². The van der Waals surface area contributed by atoms with Gasteiger partial charge in [-0.1, -0.05) is 17.3 Å². The lowest BCUT2D eigenvalue weighted by Crippen LogP contribution is -2.77. The van der Waals surface area contributed by atoms with Crippen LogP contribution in [0, 0.1) is 0 Å². The summed E-state index contributed by atoms with van der Waals surface area (Å²) >= 11 is 0. The second kappa shape index (κ2) is 16.6. The van der Waals surface area contributed by atoms with Crippen molar-refractivity contribution in [2.45, 2.75) is 123 Å². The Bertz CT molecular complexity index is 2390. The van der Waals surface area contributed by atoms with Gasteiger partial charge in [0.25, 0.3) is 0 Å². The van der Waals surface area contributed by atoms with Crippen molar-refractivity contribution >= 4 is 11.8 Å². The quantitative estimate of drug-likeness (QED) is 0.0994. The Kier molecular flexibility index (Phi) is 11.0. The van der Waals surface area contributed by atoms with Crippen molar-refractivity contribution < 1.29 is 58.4 Å². The number of carbonyl (C=O) groups is 2. The zero-order chi connectivity index (χ0) is 45.6. The van der Waals surface area contributed by atoms with Crippen LogP contribution < -0.4 is 20.1 Å². The third-order valence-corrected chi connectivity index (χ3v) is 16.7. The molecule has 2 spiro atoms. The molecular formula is C47H61N7O12. The minimum absolute atomic E-state index is 0.0636. The molecule has 2 saturated heterocycles. The molecule has 4 aliphatic carbocycles. The summed E-state index contributed by atoms with van der Waals surface area (Å²) in [7, 11) is 4.11. The number of likely N-dealkylation sites (tertiary alicyclic amines) is 2. The summed E-state index contributed by atoms with van der Waals surface area (Å²) in [4.78, 5) is 30.7. The summed E-state index contributed by atoms with van der Waals surface area (Å²) in [5.74, 6) is 0.467. The van der Waals surface area contributed by atoms with E-state index < -0.39 is 34.2 Å². The van der Waals surface area contributed by atoms with E-state index in [9.17, 15) is 30.0 Å². The van der Waals surface area contributed by atoms with Crippen molar-refractivity contribution in [3.05, 3.63) is 58.4 Å². The first-order valence-corrected chi connectivity index (χ1v) is 23.6. The highest BCUT2D eigenvalue weighted by molar-refractivity contribution is 5.78. The molecule has 2 aromatic carbocycles. The number of nitrogens with zero attached hydrogens (tertiary/aromatic N) is 5. The van der Waals surface area contributed by atoms with Gasteiger partial charge in [0.15, 0.2) is 23.0 Å². The molecule has 356 valence electrons. The van der Waals surface area contributed by atoms with Crippen LogP contribution in [0.2, 0.25) is 0 Å². The highest BCUT2D eigenvalue weighted by Crippen LogP contribution is 2.67. The molecule has 10 atom stereocenters. The summed E-state index contributed by atoms with van der Waals surface area (Å²) in [5, 5.41) is 60.8. The van der Waals surface area contributed by atoms with Gasteiger partial charge in [0, 0.05) is 23.2 Å². The van der Waals surface area contributed by atoms with Gasteiger partial charge in [-0.15, -0.1) is 5.10 Å². The second-order valence-electron chi connectivity index (χ2n) is 19.8. The molecule has 1 aromatic heterocycles. The molecule has 4 aliphatic heterocycles. The van der Waals surface area contributed by atoms with Crippen molar-refractivity contribution in [2.75, 3.05) is 73.4 Å². The van der Waals surface area contributed by atoms with E-state index in [-0.39, 0.29) is 93.7 Å². The highest BCUT2D eigenvalue weighted by atomic mass is 16.5. The van der Waals surface area contributed by atoms with E-state index in [1.54, 1.807) is 23.0 Å². The van der Waals surface area contributed by atoms with Gasteiger partial charge >= 0.3 is 0 Å². The van der Waals surface area contributed by atoms with Crippen molar-refractivity contribution in [3.8, 4) is 23.0 Å². The van der Waals surface area contributed by atoms with Crippen LogP contribution in [0.25, 0.3) is 0 Å². The Morgan fingerprint density at radius 3 is 1.74 bits per heavy atom. The lowest BCUT2D eigenvalue weighted by molar-refractivity contribution is -0.187. The monoisotopic (exact) mass is 915 g/mol. The molecule has 4 fully saturated rings. The Morgan fingerprint density at radius 1 is 0.712 bits per heavy atom. The van der Waals surface area contributed by atoms with Crippen molar-refractivity contribution in [1.82, 2.24) is 35.4 Å². The van der Waals surface area contributed by atoms with E-state index in [1.165, 1.54) is 0 Å². The number of likely N-dealkylation sites (N-methyl/N-ethyl adjacent to an activating group) is 2. The van der Waals surface area contributed by atoms with Crippen molar-refractivity contribution in [3.63, 3.8) is 0 Å². The summed E-state index contributed by atoms with van der Waals surface area (Å²) < 4.78 is 37.3. The van der Waals surface area contributed by atoms with Crippen LogP contribution in [0.4, 0.5) is 0 Å². The fraction of sp³-hybridized carbons (Fsp3) is 0.660. The summed E-state index contributed by atoms with van der Waals surface area (Å²) in [5.41, 5.74) is 1.18. The van der Waals surface area contributed by atoms with E-state index in [4.69, 9.17) is 28.4 Å². The first kappa shape index (κ1) is 43.9. The lowest BCUT2D eigenvalue weighted by atomic mass is 9.48. The third kappa shape index (κ3) is 6.58. The predicted molar refractivity (Wildman–Crippen MR) is 232 cm³/mol. The summed E-state index contributed by atoms with van der Waals surface area (Å²) in [6, 6.07) is 6.40. The third-order valence-electron chi connectivity index (χ3n) is 16.7. The van der Waals surface area contributed by atoms with Crippen LogP contribution >= 0.6 is 0 Å². The van der Waals surface area contributed by atoms with Crippen LogP contribution in [0.5, 0.6) is 23.0 Å². The molecule has 2 unspecified atom stereocenters. The normalized spacial score (nSPS) is 34.2. The number of piperidine rings is 2. The number of phenolic OH excluding ortho intramolecular Hbond substituents is 2. The molecule has 3 aromatic rings. The lowest BCUT2D eigenvalue weighted by Gasteiger charge is -2.63. The van der Waals surface area contributed by atoms with E-state index in [1.807, 2.05) is 12.1 Å². The zero-order valence-corrected chi connectivity index (χ0v) is 37.6. The standard InChI is InChI=1S/C47H61N7O12/c1-52-13-11-44-38-27-3-5-32(55)40(38)65-42(44)30(7-9-46(44,59)34(52)21-27)48-36(57)25-63-18-17-61-16-15-54-23-29(50-51-54)24-62-19-20-64-26-37(58)49-31-8-10-47(60)35-22-28-4-6-33(56)41-39(28)45(47,43(31)66-41)12-14-53(35)2/h3-6,23,30-31,34-35,42-43,55-56,59-60H,7-22,24-26H2,1-2H3,(H,48,57)(H,49,58)/t30-,31+,34?,35?,42+,43+,44+,45+,46-,47-/m1/s1. The molecule has 8 aliphatic rings. The molecule has 19 nitrogen and oxygen atoms in total. The Hall–Kier alpha value is -4.60. The Labute approximate surface area is 382 Å². The number of phenols is 2. The number of aromatic hydroxyl groups is 2. The fourth-order valence-electron chi connectivity index (χ4n) is 13.8. The van der Waals surface area contributed by atoms with Crippen molar-refractivity contribution in [1.29, 1.82) is 0 Å². The number of carbonyl (C=O) groups excluding carboxylic acids is 2. The van der Waals surface area contributed by atoms with E-state index in [2.05, 4.69) is 44.8 Å². The SMILES string of the molecule is CN1CC[C@]23c4c5ccc(O)c4O[C@H]2[C@@H](NC(=O)COCCOCc2cn(CCOCCOCC(=O)N[C@@H]4CC[C@@]6(O)C7Cc8ccc(O)c9c8[C@@]6(CCN7C)[C@H]4O9)nn2)CC[C@@]3(O)C1C5. The van der Waals surface area contributed by atoms with E-state index in [0.717, 1.165) is 35.3 Å². The number of hydrogen-bond donors (Lipinski definition) is 6. The molecular weight excluding hydrogens is 855 g/mol. The van der Waals surface area contributed by atoms with Crippen LogP contribution in [-0.4, -0.2) is 178 Å². The van der Waals surface area contributed by atoms with Gasteiger partial charge in [0.05, 0.1) is 86.5 Å². The van der Waals surface area contributed by atoms with Gasteiger partial charge in [-0.3, -0.25) is 9.59 Å². The highest BCUT2D eigenvalue weighted by Gasteiger charge is 2.74. The number of nitrogens with one attached hydrogen (secondary N) is 2. The topological polar surface area (TPSA) is 232 Å². The van der Waals surface area contributed by atoms with E-state index >= 15 is 0 Å². The molecule has 66 heavy (non-hydrogen) atoms. The Balaban J connectivity index is 0.568. The van der Waals surface area contributed by atoms with Crippen LogP contribution in [0.15, 0.2) is 30.5 Å². The fourth-order valence-corrected chi connectivity index (χ4v) is 13.8. The minimum atomic E-state index is -1.02. The molecule has 2 amide bonds. The number of aromatic nitrogens is 3. The molecule has 0 radical (unpaired) electrons.